The number of hydrogen-bond donors (Lipinski definition) is 1. The van der Waals surface area contributed by atoms with Crippen molar-refractivity contribution in [2.45, 2.75) is 18.8 Å². The molecule has 0 saturated carbocycles. The van der Waals surface area contributed by atoms with Crippen LogP contribution < -0.4 is 0 Å². The van der Waals surface area contributed by atoms with Crippen molar-refractivity contribution in [2.75, 3.05) is 19.6 Å². The molecule has 0 aromatic heterocycles. The lowest BCUT2D eigenvalue weighted by atomic mass is 9.91. The molecule has 1 heterocycles. The highest BCUT2D eigenvalue weighted by Crippen LogP contribution is 2.35. The molecular formula is C8H12F2N4O2. The molecule has 1 aliphatic heterocycles. The Bertz CT molecular complexity index is 317. The van der Waals surface area contributed by atoms with Gasteiger partial charge in [0, 0.05) is 36.9 Å². The normalized spacial score (nSPS) is 23.6. The van der Waals surface area contributed by atoms with Crippen LogP contribution in [-0.2, 0) is 0 Å². The summed E-state index contributed by atoms with van der Waals surface area (Å²) >= 11 is 0. The third-order valence-electron chi connectivity index (χ3n) is 2.66. The molecular weight excluding hydrogens is 222 g/mol. The van der Waals surface area contributed by atoms with Crippen molar-refractivity contribution in [3.05, 3.63) is 10.4 Å². The van der Waals surface area contributed by atoms with E-state index in [2.05, 4.69) is 10.0 Å². The van der Waals surface area contributed by atoms with E-state index in [9.17, 15) is 13.6 Å². The van der Waals surface area contributed by atoms with E-state index in [4.69, 9.17) is 10.6 Å². The summed E-state index contributed by atoms with van der Waals surface area (Å²) in [5.74, 6) is -3.94. The first-order valence-electron chi connectivity index (χ1n) is 4.84. The van der Waals surface area contributed by atoms with Crippen LogP contribution in [0.25, 0.3) is 10.4 Å². The number of carbonyl (C=O) groups is 1. The number of rotatable bonds is 3. The highest BCUT2D eigenvalue weighted by Gasteiger charge is 2.44. The van der Waals surface area contributed by atoms with E-state index in [-0.39, 0.29) is 26.1 Å². The molecule has 1 N–H and O–H groups in total. The van der Waals surface area contributed by atoms with Crippen LogP contribution in [0.2, 0.25) is 0 Å². The predicted molar refractivity (Wildman–Crippen MR) is 51.3 cm³/mol. The van der Waals surface area contributed by atoms with Crippen LogP contribution in [0, 0.1) is 5.92 Å². The van der Waals surface area contributed by atoms with Crippen molar-refractivity contribution < 1.29 is 18.7 Å². The number of halogens is 2. The minimum absolute atomic E-state index is 0.000833. The largest absolute Gasteiger partial charge is 0.465 e. The van der Waals surface area contributed by atoms with Crippen molar-refractivity contribution in [3.8, 4) is 0 Å². The molecule has 90 valence electrons. The first-order valence-corrected chi connectivity index (χ1v) is 4.84. The van der Waals surface area contributed by atoms with E-state index in [0.717, 1.165) is 4.90 Å². The molecule has 6 nitrogen and oxygen atoms in total. The van der Waals surface area contributed by atoms with Gasteiger partial charge in [-0.15, -0.1) is 0 Å². The van der Waals surface area contributed by atoms with Gasteiger partial charge in [0.2, 0.25) is 0 Å². The van der Waals surface area contributed by atoms with Gasteiger partial charge in [-0.2, -0.15) is 0 Å². The van der Waals surface area contributed by atoms with E-state index in [1.807, 2.05) is 0 Å². The number of azide groups is 1. The van der Waals surface area contributed by atoms with Crippen molar-refractivity contribution in [3.63, 3.8) is 0 Å². The van der Waals surface area contributed by atoms with E-state index in [1.54, 1.807) is 0 Å². The van der Waals surface area contributed by atoms with Crippen LogP contribution in [0.4, 0.5) is 13.6 Å². The fraction of sp³-hybridized carbons (Fsp3) is 0.875. The van der Waals surface area contributed by atoms with Gasteiger partial charge >= 0.3 is 6.09 Å². The number of piperidine rings is 1. The van der Waals surface area contributed by atoms with Gasteiger partial charge in [-0.25, -0.2) is 13.6 Å². The first-order chi connectivity index (χ1) is 7.47. The lowest BCUT2D eigenvalue weighted by Crippen LogP contribution is -2.49. The average Bonchev–Trinajstić information content (AvgIpc) is 2.20. The average molecular weight is 234 g/mol. The standard InChI is InChI=1S/C8H12F2N4O2/c9-8(10)2-4-14(7(15)16)5-6(8)1-3-12-13-11/h6H,1-5H2,(H,15,16). The van der Waals surface area contributed by atoms with Gasteiger partial charge in [0.15, 0.2) is 0 Å². The predicted octanol–water partition coefficient (Wildman–Crippen LogP) is 2.32. The van der Waals surface area contributed by atoms with Gasteiger partial charge in [0.25, 0.3) is 5.92 Å². The summed E-state index contributed by atoms with van der Waals surface area (Å²) in [7, 11) is 0. The van der Waals surface area contributed by atoms with Crippen LogP contribution in [-0.4, -0.2) is 41.7 Å². The maximum Gasteiger partial charge on any atom is 0.407 e. The molecule has 0 aromatic carbocycles. The van der Waals surface area contributed by atoms with Gasteiger partial charge in [0.1, 0.15) is 0 Å². The highest BCUT2D eigenvalue weighted by molar-refractivity contribution is 5.65. The molecule has 1 fully saturated rings. The van der Waals surface area contributed by atoms with E-state index < -0.39 is 24.4 Å². The SMILES string of the molecule is [N-]=[N+]=NCCC1CN(C(=O)O)CCC1(F)F. The zero-order valence-corrected chi connectivity index (χ0v) is 8.51. The summed E-state index contributed by atoms with van der Waals surface area (Å²) in [5, 5.41) is 11.9. The van der Waals surface area contributed by atoms with Crippen LogP contribution in [0.1, 0.15) is 12.8 Å². The number of nitrogens with zero attached hydrogens (tertiary/aromatic N) is 4. The lowest BCUT2D eigenvalue weighted by molar-refractivity contribution is -0.102. The lowest BCUT2D eigenvalue weighted by Gasteiger charge is -2.36. The summed E-state index contributed by atoms with van der Waals surface area (Å²) in [5.41, 5.74) is 8.03. The maximum atomic E-state index is 13.4. The highest BCUT2D eigenvalue weighted by atomic mass is 19.3. The molecule has 1 saturated heterocycles. The van der Waals surface area contributed by atoms with Gasteiger partial charge in [0.05, 0.1) is 0 Å². The Hall–Kier alpha value is -1.56. The number of hydrogen-bond acceptors (Lipinski definition) is 2. The number of amides is 1. The molecule has 1 atom stereocenters. The zero-order chi connectivity index (χ0) is 12.2. The maximum absolute atomic E-state index is 13.4. The second-order valence-electron chi connectivity index (χ2n) is 3.68. The van der Waals surface area contributed by atoms with Crippen molar-refractivity contribution in [1.29, 1.82) is 0 Å². The van der Waals surface area contributed by atoms with Gasteiger partial charge in [-0.05, 0) is 12.0 Å². The van der Waals surface area contributed by atoms with Gasteiger partial charge in [-0.1, -0.05) is 5.11 Å². The van der Waals surface area contributed by atoms with Gasteiger partial charge in [-0.3, -0.25) is 0 Å². The van der Waals surface area contributed by atoms with Crippen LogP contribution in [0.15, 0.2) is 5.11 Å². The van der Waals surface area contributed by atoms with Crippen molar-refractivity contribution in [2.24, 2.45) is 11.0 Å². The summed E-state index contributed by atoms with van der Waals surface area (Å²) in [6.45, 7) is -0.395. The van der Waals surface area contributed by atoms with E-state index >= 15 is 0 Å². The molecule has 0 bridgehead atoms. The molecule has 0 radical (unpaired) electrons. The molecule has 0 aliphatic carbocycles. The van der Waals surface area contributed by atoms with Crippen molar-refractivity contribution >= 4 is 6.09 Å². The Morgan fingerprint density at radius 1 is 1.69 bits per heavy atom. The number of likely N-dealkylation sites (tertiary alicyclic amines) is 1. The zero-order valence-electron chi connectivity index (χ0n) is 8.51. The number of carboxylic acid groups (broad SMARTS) is 1. The van der Waals surface area contributed by atoms with Crippen LogP contribution >= 0.6 is 0 Å². The third-order valence-corrected chi connectivity index (χ3v) is 2.66. The smallest absolute Gasteiger partial charge is 0.407 e. The summed E-state index contributed by atoms with van der Waals surface area (Å²) in [6.07, 6.45) is -1.66. The van der Waals surface area contributed by atoms with E-state index in [0.29, 0.717) is 0 Å². The third kappa shape index (κ3) is 2.96. The summed E-state index contributed by atoms with van der Waals surface area (Å²) < 4.78 is 26.8. The van der Waals surface area contributed by atoms with Crippen LogP contribution in [0.5, 0.6) is 0 Å². The molecule has 1 aliphatic rings. The Balaban J connectivity index is 2.60. The fourth-order valence-electron chi connectivity index (χ4n) is 1.71. The van der Waals surface area contributed by atoms with E-state index in [1.165, 1.54) is 0 Å². The molecule has 1 rings (SSSR count). The second kappa shape index (κ2) is 4.98. The molecule has 0 aromatic rings. The topological polar surface area (TPSA) is 89.3 Å². The minimum Gasteiger partial charge on any atom is -0.465 e. The van der Waals surface area contributed by atoms with Gasteiger partial charge < -0.3 is 10.0 Å². The molecule has 0 spiro atoms. The Kier molecular flexibility index (Phi) is 3.89. The Labute approximate surface area is 90.5 Å². The quantitative estimate of drug-likeness (QED) is 0.461. The molecule has 16 heavy (non-hydrogen) atoms. The summed E-state index contributed by atoms with van der Waals surface area (Å²) in [6, 6.07) is 0. The summed E-state index contributed by atoms with van der Waals surface area (Å²) in [4.78, 5) is 14.1. The minimum atomic E-state index is -2.88. The molecule has 1 amide bonds. The van der Waals surface area contributed by atoms with Crippen LogP contribution in [0.3, 0.4) is 0 Å². The fourth-order valence-corrected chi connectivity index (χ4v) is 1.71. The second-order valence-corrected chi connectivity index (χ2v) is 3.68. The van der Waals surface area contributed by atoms with Crippen molar-refractivity contribution in [1.82, 2.24) is 4.90 Å². The Morgan fingerprint density at radius 3 is 2.94 bits per heavy atom. The first kappa shape index (κ1) is 12.5. The molecule has 8 heteroatoms. The number of alkyl halides is 2. The monoisotopic (exact) mass is 234 g/mol. The molecule has 1 unspecified atom stereocenters. The Morgan fingerprint density at radius 2 is 2.38 bits per heavy atom.